The zero-order valence-electron chi connectivity index (χ0n) is 16.2. The number of rotatable bonds is 3. The smallest absolute Gasteiger partial charge is 0.269 e. The maximum Gasteiger partial charge on any atom is 0.269 e. The Morgan fingerprint density at radius 3 is 1.63 bits per heavy atom. The van der Waals surface area contributed by atoms with Crippen LogP contribution in [0.1, 0.15) is 0 Å². The van der Waals surface area contributed by atoms with E-state index in [2.05, 4.69) is 0 Å². The molecular formula is C20H22N4O6. The minimum atomic E-state index is -0.467. The lowest BCUT2D eigenvalue weighted by atomic mass is 10.2. The lowest BCUT2D eigenvalue weighted by Crippen LogP contribution is -2.41. The summed E-state index contributed by atoms with van der Waals surface area (Å²) in [6.45, 7) is 2.42. The number of nitro groups is 1. The Morgan fingerprint density at radius 2 is 1.23 bits per heavy atom. The Balaban J connectivity index is 0.000000172. The van der Waals surface area contributed by atoms with E-state index >= 15 is 0 Å². The number of amides is 2. The van der Waals surface area contributed by atoms with Crippen molar-refractivity contribution in [3.8, 4) is 0 Å². The number of carbonyl (C=O) groups excluding carboxylic acids is 2. The zero-order valence-corrected chi connectivity index (χ0v) is 16.2. The van der Waals surface area contributed by atoms with Gasteiger partial charge in [0.2, 0.25) is 0 Å². The highest BCUT2D eigenvalue weighted by Crippen LogP contribution is 2.20. The molecule has 2 heterocycles. The van der Waals surface area contributed by atoms with Gasteiger partial charge < -0.3 is 25.0 Å². The molecule has 0 bridgehead atoms. The molecule has 2 N–H and O–H groups in total. The quantitative estimate of drug-likeness (QED) is 0.459. The third-order valence-corrected chi connectivity index (χ3v) is 4.55. The minimum absolute atomic E-state index is 0.000946. The van der Waals surface area contributed by atoms with Gasteiger partial charge in [-0.25, -0.2) is 0 Å². The molecule has 0 aromatic heterocycles. The average Bonchev–Trinajstić information content (AvgIpc) is 2.76. The lowest BCUT2D eigenvalue weighted by molar-refractivity contribution is -0.384. The molecule has 0 radical (unpaired) electrons. The number of morpholine rings is 2. The molecule has 10 heteroatoms. The van der Waals surface area contributed by atoms with Crippen molar-refractivity contribution in [3.63, 3.8) is 0 Å². The standard InChI is InChI=1S/C10H10N2O4.C10H12N2O2/c13-10-7-16-6-5-11(10)8-1-3-9(4-2-8)12(14)15;11-8-1-3-9(4-2-8)12-5-6-14-7-10(12)13/h1-4H,5-7H2;1-4H,5-7,11H2. The third kappa shape index (κ3) is 5.31. The predicted molar refractivity (Wildman–Crippen MR) is 110 cm³/mol. The molecular weight excluding hydrogens is 392 g/mol. The molecule has 2 aromatic carbocycles. The number of carbonyl (C=O) groups is 2. The first-order valence-electron chi connectivity index (χ1n) is 9.32. The van der Waals surface area contributed by atoms with Crippen LogP contribution in [0.5, 0.6) is 0 Å². The molecule has 4 rings (SSSR count). The number of non-ortho nitro benzene ring substituents is 1. The molecule has 2 fully saturated rings. The molecule has 2 aliphatic rings. The minimum Gasteiger partial charge on any atom is -0.399 e. The molecule has 0 saturated carbocycles. The third-order valence-electron chi connectivity index (χ3n) is 4.55. The summed E-state index contributed by atoms with van der Waals surface area (Å²) < 4.78 is 10.0. The van der Waals surface area contributed by atoms with Gasteiger partial charge in [-0.2, -0.15) is 0 Å². The van der Waals surface area contributed by atoms with Crippen LogP contribution in [0.2, 0.25) is 0 Å². The van der Waals surface area contributed by atoms with Crippen molar-refractivity contribution in [2.75, 3.05) is 55.1 Å². The van der Waals surface area contributed by atoms with E-state index in [0.717, 1.165) is 5.69 Å². The first kappa shape index (κ1) is 21.2. The van der Waals surface area contributed by atoms with Gasteiger partial charge in [0, 0.05) is 42.3 Å². The molecule has 0 unspecified atom stereocenters. The molecule has 0 spiro atoms. The van der Waals surface area contributed by atoms with Crippen LogP contribution in [-0.4, -0.2) is 56.3 Å². The molecule has 30 heavy (non-hydrogen) atoms. The normalized spacial score (nSPS) is 16.7. The van der Waals surface area contributed by atoms with E-state index in [4.69, 9.17) is 15.2 Å². The second-order valence-corrected chi connectivity index (χ2v) is 6.56. The van der Waals surface area contributed by atoms with E-state index in [1.807, 2.05) is 12.1 Å². The summed E-state index contributed by atoms with van der Waals surface area (Å²) in [6.07, 6.45) is 0. The maximum atomic E-state index is 11.5. The van der Waals surface area contributed by atoms with Crippen LogP contribution < -0.4 is 15.5 Å². The van der Waals surface area contributed by atoms with Crippen LogP contribution in [0.25, 0.3) is 0 Å². The first-order chi connectivity index (χ1) is 14.5. The van der Waals surface area contributed by atoms with Gasteiger partial charge in [-0.3, -0.25) is 19.7 Å². The molecule has 2 saturated heterocycles. The Kier molecular flexibility index (Phi) is 6.94. The number of hydrogen-bond acceptors (Lipinski definition) is 7. The van der Waals surface area contributed by atoms with Gasteiger partial charge in [-0.15, -0.1) is 0 Å². The van der Waals surface area contributed by atoms with Gasteiger partial charge in [-0.05, 0) is 36.4 Å². The molecule has 10 nitrogen and oxygen atoms in total. The molecule has 2 aromatic rings. The maximum absolute atomic E-state index is 11.5. The van der Waals surface area contributed by atoms with Crippen LogP contribution in [0.15, 0.2) is 48.5 Å². The topological polar surface area (TPSA) is 128 Å². The van der Waals surface area contributed by atoms with Crippen molar-refractivity contribution in [3.05, 3.63) is 58.6 Å². The fourth-order valence-electron chi connectivity index (χ4n) is 2.99. The van der Waals surface area contributed by atoms with E-state index in [1.165, 1.54) is 12.1 Å². The molecule has 0 atom stereocenters. The number of hydrogen-bond donors (Lipinski definition) is 1. The fourth-order valence-corrected chi connectivity index (χ4v) is 2.99. The van der Waals surface area contributed by atoms with E-state index in [9.17, 15) is 19.7 Å². The number of nitro benzene ring substituents is 1. The highest BCUT2D eigenvalue weighted by atomic mass is 16.6. The lowest BCUT2D eigenvalue weighted by Gasteiger charge is -2.26. The van der Waals surface area contributed by atoms with Gasteiger partial charge in [0.1, 0.15) is 13.2 Å². The van der Waals surface area contributed by atoms with Gasteiger partial charge in [0.25, 0.3) is 17.5 Å². The van der Waals surface area contributed by atoms with E-state index in [1.54, 1.807) is 34.1 Å². The van der Waals surface area contributed by atoms with Crippen molar-refractivity contribution < 1.29 is 24.0 Å². The summed E-state index contributed by atoms with van der Waals surface area (Å²) in [6, 6.07) is 13.2. The summed E-state index contributed by atoms with van der Waals surface area (Å²) in [7, 11) is 0. The van der Waals surface area contributed by atoms with Gasteiger partial charge >= 0.3 is 0 Å². The molecule has 0 aliphatic carbocycles. The van der Waals surface area contributed by atoms with E-state index in [0.29, 0.717) is 37.7 Å². The summed E-state index contributed by atoms with van der Waals surface area (Å²) in [5, 5.41) is 10.5. The van der Waals surface area contributed by atoms with Crippen molar-refractivity contribution in [2.45, 2.75) is 0 Å². The van der Waals surface area contributed by atoms with Gasteiger partial charge in [0.05, 0.1) is 18.1 Å². The predicted octanol–water partition coefficient (Wildman–Crippen LogP) is 1.59. The van der Waals surface area contributed by atoms with Crippen LogP contribution in [0, 0.1) is 10.1 Å². The summed E-state index contributed by atoms with van der Waals surface area (Å²) in [4.78, 5) is 36.2. The Bertz CT molecular complexity index is 901. The van der Waals surface area contributed by atoms with Gasteiger partial charge in [-0.1, -0.05) is 0 Å². The van der Waals surface area contributed by atoms with E-state index in [-0.39, 0.29) is 30.7 Å². The zero-order chi connectivity index (χ0) is 21.5. The van der Waals surface area contributed by atoms with E-state index < -0.39 is 4.92 Å². The van der Waals surface area contributed by atoms with Gasteiger partial charge in [0.15, 0.2) is 0 Å². The van der Waals surface area contributed by atoms with Crippen LogP contribution in [-0.2, 0) is 19.1 Å². The Labute approximate surface area is 172 Å². The number of nitrogen functional groups attached to an aromatic ring is 1. The summed E-state index contributed by atoms with van der Waals surface area (Å²) >= 11 is 0. The second-order valence-electron chi connectivity index (χ2n) is 6.56. The molecule has 2 amide bonds. The number of anilines is 3. The SMILES string of the molecule is Nc1ccc(N2CCOCC2=O)cc1.O=C1COCCN1c1ccc([N+](=O)[O-])cc1. The second kappa shape index (κ2) is 9.81. The number of nitrogens with zero attached hydrogens (tertiary/aromatic N) is 3. The molecule has 158 valence electrons. The van der Waals surface area contributed by atoms with Crippen LogP contribution >= 0.6 is 0 Å². The van der Waals surface area contributed by atoms with Crippen molar-refractivity contribution in [1.82, 2.24) is 0 Å². The molecule has 2 aliphatic heterocycles. The summed E-state index contributed by atoms with van der Waals surface area (Å²) in [5.74, 6) is -0.124. The fraction of sp³-hybridized carbons (Fsp3) is 0.300. The van der Waals surface area contributed by atoms with Crippen molar-refractivity contribution in [1.29, 1.82) is 0 Å². The number of ether oxygens (including phenoxy) is 2. The Hall–Kier alpha value is -3.50. The largest absolute Gasteiger partial charge is 0.399 e. The van der Waals surface area contributed by atoms with Crippen molar-refractivity contribution >= 4 is 34.6 Å². The summed E-state index contributed by atoms with van der Waals surface area (Å²) in [5.41, 5.74) is 7.83. The monoisotopic (exact) mass is 414 g/mol. The van der Waals surface area contributed by atoms with Crippen molar-refractivity contribution in [2.24, 2.45) is 0 Å². The first-order valence-corrected chi connectivity index (χ1v) is 9.32. The van der Waals surface area contributed by atoms with Crippen LogP contribution in [0.3, 0.4) is 0 Å². The number of benzene rings is 2. The van der Waals surface area contributed by atoms with Crippen LogP contribution in [0.4, 0.5) is 22.7 Å². The Morgan fingerprint density at radius 1 is 0.800 bits per heavy atom. The number of nitrogens with two attached hydrogens (primary N) is 1. The highest BCUT2D eigenvalue weighted by Gasteiger charge is 2.21. The average molecular weight is 414 g/mol. The highest BCUT2D eigenvalue weighted by molar-refractivity contribution is 5.95.